The number of anilines is 1. The number of nitrogens with zero attached hydrogens (tertiary/aromatic N) is 1. The molecule has 0 aliphatic heterocycles. The summed E-state index contributed by atoms with van der Waals surface area (Å²) in [5.41, 5.74) is 0.771. The molecule has 1 atom stereocenters. The first-order valence-corrected chi connectivity index (χ1v) is 8.43. The van der Waals surface area contributed by atoms with Crippen LogP contribution in [0.25, 0.3) is 0 Å². The second-order valence-electron chi connectivity index (χ2n) is 5.58. The minimum Gasteiger partial charge on any atom is -0.491 e. The van der Waals surface area contributed by atoms with Gasteiger partial charge in [-0.15, -0.1) is 0 Å². The van der Waals surface area contributed by atoms with Gasteiger partial charge in [0.05, 0.1) is 11.0 Å². The van der Waals surface area contributed by atoms with Crippen LogP contribution in [0.5, 0.6) is 5.75 Å². The number of non-ortho nitro benzene ring substituents is 1. The van der Waals surface area contributed by atoms with Gasteiger partial charge in [0.25, 0.3) is 11.6 Å². The van der Waals surface area contributed by atoms with Crippen LogP contribution in [0.4, 0.5) is 11.4 Å². The normalized spacial score (nSPS) is 11.3. The molecule has 0 aliphatic carbocycles. The van der Waals surface area contributed by atoms with Crippen LogP contribution in [0.1, 0.15) is 30.6 Å². The molecule has 2 N–H and O–H groups in total. The Kier molecular flexibility index (Phi) is 6.62. The highest BCUT2D eigenvalue weighted by Gasteiger charge is 2.11. The Balaban J connectivity index is 1.95. The molecule has 2 aromatic carbocycles. The summed E-state index contributed by atoms with van der Waals surface area (Å²) in [6.45, 7) is 4.00. The van der Waals surface area contributed by atoms with Crippen LogP contribution in [0, 0.1) is 10.1 Å². The third kappa shape index (κ3) is 5.52. The molecule has 0 heterocycles. The second-order valence-corrected chi connectivity index (χ2v) is 5.99. The van der Waals surface area contributed by atoms with Gasteiger partial charge in [0.1, 0.15) is 5.75 Å². The highest BCUT2D eigenvalue weighted by molar-refractivity contribution is 7.80. The molecule has 0 saturated carbocycles. The third-order valence-electron chi connectivity index (χ3n) is 3.57. The van der Waals surface area contributed by atoms with Crippen molar-refractivity contribution in [1.29, 1.82) is 0 Å². The molecule has 136 valence electrons. The van der Waals surface area contributed by atoms with E-state index >= 15 is 0 Å². The molecule has 2 rings (SSSR count). The SMILES string of the molecule is CCC(C)Oc1ccc(C(=O)NC(=S)Nc2cccc([N+](=O)[O-])c2)cc1. The highest BCUT2D eigenvalue weighted by atomic mass is 32.1. The number of ether oxygens (including phenoxy) is 1. The molecule has 1 amide bonds. The number of hydrogen-bond acceptors (Lipinski definition) is 5. The molecule has 26 heavy (non-hydrogen) atoms. The summed E-state index contributed by atoms with van der Waals surface area (Å²) in [5.74, 6) is 0.302. The Bertz CT molecular complexity index is 808. The van der Waals surface area contributed by atoms with Crippen molar-refractivity contribution in [3.63, 3.8) is 0 Å². The molecular weight excluding hydrogens is 354 g/mol. The first-order chi connectivity index (χ1) is 12.4. The maximum absolute atomic E-state index is 12.2. The van der Waals surface area contributed by atoms with Crippen molar-refractivity contribution in [2.75, 3.05) is 5.32 Å². The van der Waals surface area contributed by atoms with Crippen molar-refractivity contribution in [2.24, 2.45) is 0 Å². The van der Waals surface area contributed by atoms with Crippen molar-refractivity contribution in [3.05, 3.63) is 64.2 Å². The molecule has 0 radical (unpaired) electrons. The molecule has 0 saturated heterocycles. The summed E-state index contributed by atoms with van der Waals surface area (Å²) < 4.78 is 5.66. The Hall–Kier alpha value is -3.00. The van der Waals surface area contributed by atoms with Crippen molar-refractivity contribution in [2.45, 2.75) is 26.4 Å². The lowest BCUT2D eigenvalue weighted by Gasteiger charge is -2.13. The van der Waals surface area contributed by atoms with Crippen LogP contribution in [0.2, 0.25) is 0 Å². The van der Waals surface area contributed by atoms with E-state index in [0.29, 0.717) is 17.0 Å². The van der Waals surface area contributed by atoms with Crippen LogP contribution < -0.4 is 15.4 Å². The summed E-state index contributed by atoms with van der Waals surface area (Å²) in [7, 11) is 0. The Morgan fingerprint density at radius 2 is 1.96 bits per heavy atom. The summed E-state index contributed by atoms with van der Waals surface area (Å²) >= 11 is 5.08. The maximum Gasteiger partial charge on any atom is 0.271 e. The van der Waals surface area contributed by atoms with E-state index in [0.717, 1.165) is 6.42 Å². The van der Waals surface area contributed by atoms with E-state index in [1.54, 1.807) is 30.3 Å². The summed E-state index contributed by atoms with van der Waals surface area (Å²) in [5, 5.41) is 16.1. The minimum atomic E-state index is -0.504. The van der Waals surface area contributed by atoms with E-state index in [9.17, 15) is 14.9 Å². The van der Waals surface area contributed by atoms with Gasteiger partial charge in [-0.25, -0.2) is 0 Å². The van der Waals surface area contributed by atoms with Crippen LogP contribution in [0.3, 0.4) is 0 Å². The van der Waals surface area contributed by atoms with Crippen molar-refractivity contribution >= 4 is 34.6 Å². The molecule has 0 bridgehead atoms. The highest BCUT2D eigenvalue weighted by Crippen LogP contribution is 2.17. The average Bonchev–Trinajstić information content (AvgIpc) is 2.62. The van der Waals surface area contributed by atoms with Gasteiger partial charge in [0.2, 0.25) is 0 Å². The average molecular weight is 373 g/mol. The predicted molar refractivity (Wildman–Crippen MR) is 104 cm³/mol. The molecule has 0 aromatic heterocycles. The fourth-order valence-corrected chi connectivity index (χ4v) is 2.25. The quantitative estimate of drug-likeness (QED) is 0.453. The lowest BCUT2D eigenvalue weighted by molar-refractivity contribution is -0.384. The van der Waals surface area contributed by atoms with Crippen molar-refractivity contribution in [3.8, 4) is 5.75 Å². The van der Waals surface area contributed by atoms with Gasteiger partial charge in [-0.3, -0.25) is 20.2 Å². The van der Waals surface area contributed by atoms with Crippen LogP contribution in [-0.2, 0) is 0 Å². The van der Waals surface area contributed by atoms with E-state index in [2.05, 4.69) is 10.6 Å². The van der Waals surface area contributed by atoms with Gasteiger partial charge in [-0.05, 0) is 55.9 Å². The number of thiocarbonyl (C=S) groups is 1. The van der Waals surface area contributed by atoms with Gasteiger partial charge in [-0.2, -0.15) is 0 Å². The molecule has 0 fully saturated rings. The Morgan fingerprint density at radius 1 is 1.27 bits per heavy atom. The Morgan fingerprint density at radius 3 is 2.58 bits per heavy atom. The van der Waals surface area contributed by atoms with E-state index in [-0.39, 0.29) is 22.8 Å². The zero-order chi connectivity index (χ0) is 19.1. The van der Waals surface area contributed by atoms with Crippen LogP contribution in [0.15, 0.2) is 48.5 Å². The number of rotatable bonds is 6. The standard InChI is InChI=1S/C18H19N3O4S/c1-3-12(2)25-16-9-7-13(8-10-16)17(22)20-18(26)19-14-5-4-6-15(11-14)21(23)24/h4-12H,3H2,1-2H3,(H2,19,20,22,26). The molecule has 2 aromatic rings. The number of carbonyl (C=O) groups is 1. The zero-order valence-electron chi connectivity index (χ0n) is 14.4. The van der Waals surface area contributed by atoms with Crippen LogP contribution >= 0.6 is 12.2 Å². The van der Waals surface area contributed by atoms with E-state index in [1.165, 1.54) is 18.2 Å². The number of nitro groups is 1. The van der Waals surface area contributed by atoms with E-state index < -0.39 is 4.92 Å². The molecule has 8 heteroatoms. The topological polar surface area (TPSA) is 93.5 Å². The summed E-state index contributed by atoms with van der Waals surface area (Å²) in [4.78, 5) is 22.5. The number of benzene rings is 2. The molecule has 7 nitrogen and oxygen atoms in total. The van der Waals surface area contributed by atoms with E-state index in [1.807, 2.05) is 13.8 Å². The van der Waals surface area contributed by atoms with Gasteiger partial charge < -0.3 is 10.1 Å². The number of nitrogens with one attached hydrogen (secondary N) is 2. The molecule has 1 unspecified atom stereocenters. The van der Waals surface area contributed by atoms with Crippen molar-refractivity contribution < 1.29 is 14.5 Å². The first kappa shape index (κ1) is 19.3. The lowest BCUT2D eigenvalue weighted by Crippen LogP contribution is -2.34. The number of carbonyl (C=O) groups excluding carboxylic acids is 1. The second kappa shape index (κ2) is 8.91. The molecule has 0 spiro atoms. The van der Waals surface area contributed by atoms with Gasteiger partial charge in [0, 0.05) is 23.4 Å². The Labute approximate surface area is 156 Å². The monoisotopic (exact) mass is 373 g/mol. The smallest absolute Gasteiger partial charge is 0.271 e. The molecular formula is C18H19N3O4S. The lowest BCUT2D eigenvalue weighted by atomic mass is 10.2. The fraction of sp³-hybridized carbons (Fsp3) is 0.222. The van der Waals surface area contributed by atoms with Gasteiger partial charge in [-0.1, -0.05) is 13.0 Å². The largest absolute Gasteiger partial charge is 0.491 e. The summed E-state index contributed by atoms with van der Waals surface area (Å²) in [6, 6.07) is 12.6. The van der Waals surface area contributed by atoms with Gasteiger partial charge >= 0.3 is 0 Å². The number of hydrogen-bond donors (Lipinski definition) is 2. The van der Waals surface area contributed by atoms with Crippen LogP contribution in [-0.4, -0.2) is 22.0 Å². The number of amides is 1. The zero-order valence-corrected chi connectivity index (χ0v) is 15.2. The van der Waals surface area contributed by atoms with Crippen molar-refractivity contribution in [1.82, 2.24) is 5.32 Å². The molecule has 0 aliphatic rings. The van der Waals surface area contributed by atoms with E-state index in [4.69, 9.17) is 17.0 Å². The first-order valence-electron chi connectivity index (χ1n) is 8.02. The number of nitro benzene ring substituents is 1. The minimum absolute atomic E-state index is 0.0513. The van der Waals surface area contributed by atoms with Gasteiger partial charge in [0.15, 0.2) is 5.11 Å². The summed E-state index contributed by atoms with van der Waals surface area (Å²) in [6.07, 6.45) is 0.987. The maximum atomic E-state index is 12.2. The third-order valence-corrected chi connectivity index (χ3v) is 3.77. The predicted octanol–water partition coefficient (Wildman–Crippen LogP) is 3.90. The fourth-order valence-electron chi connectivity index (χ4n) is 2.04.